The molecular weight excluding hydrogens is 238 g/mol. The first kappa shape index (κ1) is 15.7. The Morgan fingerprint density at radius 1 is 1.21 bits per heavy atom. The van der Waals surface area contributed by atoms with E-state index in [9.17, 15) is 4.79 Å². The lowest BCUT2D eigenvalue weighted by Gasteiger charge is -2.17. The van der Waals surface area contributed by atoms with E-state index in [1.165, 1.54) is 24.8 Å². The molecule has 1 unspecified atom stereocenters. The van der Waals surface area contributed by atoms with Gasteiger partial charge in [-0.2, -0.15) is 0 Å². The molecule has 0 fully saturated rings. The quantitative estimate of drug-likeness (QED) is 0.637. The standard InChI is InChI=1S/C16H25NO2/c1-2-3-4-8-11-17-15(13-16(18)19)12-14-9-6-5-7-10-14/h5-7,9-10,15,17H,2-4,8,11-13H2,1H3,(H,18,19). The number of carbonyl (C=O) groups is 1. The molecule has 0 spiro atoms. The maximum atomic E-state index is 10.9. The zero-order valence-electron chi connectivity index (χ0n) is 11.8. The van der Waals surface area contributed by atoms with Crippen molar-refractivity contribution in [3.63, 3.8) is 0 Å². The van der Waals surface area contributed by atoms with Crippen molar-refractivity contribution < 1.29 is 9.90 Å². The Hall–Kier alpha value is -1.35. The molecule has 106 valence electrons. The van der Waals surface area contributed by atoms with Gasteiger partial charge < -0.3 is 10.4 Å². The van der Waals surface area contributed by atoms with Crippen LogP contribution in [0.5, 0.6) is 0 Å². The zero-order chi connectivity index (χ0) is 13.9. The van der Waals surface area contributed by atoms with E-state index >= 15 is 0 Å². The van der Waals surface area contributed by atoms with Crippen LogP contribution in [-0.2, 0) is 11.2 Å². The lowest BCUT2D eigenvalue weighted by molar-refractivity contribution is -0.137. The van der Waals surface area contributed by atoms with E-state index in [1.54, 1.807) is 0 Å². The van der Waals surface area contributed by atoms with Gasteiger partial charge in [0.15, 0.2) is 0 Å². The van der Waals surface area contributed by atoms with Crippen molar-refractivity contribution in [2.45, 2.75) is 51.5 Å². The molecule has 1 atom stereocenters. The van der Waals surface area contributed by atoms with Gasteiger partial charge >= 0.3 is 5.97 Å². The molecule has 0 bridgehead atoms. The van der Waals surface area contributed by atoms with Crippen LogP contribution in [0.15, 0.2) is 30.3 Å². The highest BCUT2D eigenvalue weighted by atomic mass is 16.4. The molecule has 1 rings (SSSR count). The van der Waals surface area contributed by atoms with Crippen LogP contribution >= 0.6 is 0 Å². The Bertz CT molecular complexity index is 351. The van der Waals surface area contributed by atoms with Crippen LogP contribution in [0, 0.1) is 0 Å². The Labute approximate surface area is 116 Å². The summed E-state index contributed by atoms with van der Waals surface area (Å²) in [7, 11) is 0. The molecule has 0 aliphatic rings. The van der Waals surface area contributed by atoms with Crippen molar-refractivity contribution >= 4 is 5.97 Å². The van der Waals surface area contributed by atoms with Gasteiger partial charge in [0.25, 0.3) is 0 Å². The number of benzene rings is 1. The normalized spacial score (nSPS) is 12.3. The number of hydrogen-bond acceptors (Lipinski definition) is 2. The van der Waals surface area contributed by atoms with Gasteiger partial charge in [0.05, 0.1) is 6.42 Å². The summed E-state index contributed by atoms with van der Waals surface area (Å²) in [5.41, 5.74) is 1.19. The zero-order valence-corrected chi connectivity index (χ0v) is 11.8. The first-order valence-electron chi connectivity index (χ1n) is 7.21. The Morgan fingerprint density at radius 3 is 2.58 bits per heavy atom. The van der Waals surface area contributed by atoms with Crippen molar-refractivity contribution in [2.24, 2.45) is 0 Å². The van der Waals surface area contributed by atoms with Crippen molar-refractivity contribution in [1.82, 2.24) is 5.32 Å². The van der Waals surface area contributed by atoms with E-state index in [2.05, 4.69) is 12.2 Å². The number of carboxylic acid groups (broad SMARTS) is 1. The van der Waals surface area contributed by atoms with Crippen LogP contribution in [0.3, 0.4) is 0 Å². The maximum absolute atomic E-state index is 10.9. The monoisotopic (exact) mass is 263 g/mol. The van der Waals surface area contributed by atoms with Gasteiger partial charge in [0.2, 0.25) is 0 Å². The van der Waals surface area contributed by atoms with Crippen molar-refractivity contribution in [2.75, 3.05) is 6.54 Å². The fourth-order valence-electron chi connectivity index (χ4n) is 2.18. The predicted molar refractivity (Wildman–Crippen MR) is 78.3 cm³/mol. The molecule has 0 aliphatic carbocycles. The molecule has 0 aliphatic heterocycles. The van der Waals surface area contributed by atoms with E-state index in [0.29, 0.717) is 0 Å². The van der Waals surface area contributed by atoms with Crippen LogP contribution < -0.4 is 5.32 Å². The second-order valence-electron chi connectivity index (χ2n) is 5.00. The number of carboxylic acids is 1. The molecule has 0 saturated heterocycles. The summed E-state index contributed by atoms with van der Waals surface area (Å²) in [4.78, 5) is 10.9. The van der Waals surface area contributed by atoms with E-state index in [4.69, 9.17) is 5.11 Å². The molecule has 19 heavy (non-hydrogen) atoms. The predicted octanol–water partition coefficient (Wildman–Crippen LogP) is 3.24. The van der Waals surface area contributed by atoms with Crippen LogP contribution in [0.25, 0.3) is 0 Å². The molecule has 1 aromatic carbocycles. The summed E-state index contributed by atoms with van der Waals surface area (Å²) in [6.45, 7) is 3.10. The third-order valence-electron chi connectivity index (χ3n) is 3.21. The van der Waals surface area contributed by atoms with Crippen LogP contribution in [0.1, 0.15) is 44.6 Å². The molecule has 0 radical (unpaired) electrons. The second-order valence-corrected chi connectivity index (χ2v) is 5.00. The third kappa shape index (κ3) is 7.62. The number of rotatable bonds is 10. The summed E-state index contributed by atoms with van der Waals surface area (Å²) in [6, 6.07) is 10.1. The lowest BCUT2D eigenvalue weighted by Crippen LogP contribution is -2.34. The molecule has 0 saturated carbocycles. The van der Waals surface area contributed by atoms with Gasteiger partial charge in [0.1, 0.15) is 0 Å². The summed E-state index contributed by atoms with van der Waals surface area (Å²) >= 11 is 0. The smallest absolute Gasteiger partial charge is 0.304 e. The minimum Gasteiger partial charge on any atom is -0.481 e. The molecule has 0 amide bonds. The van der Waals surface area contributed by atoms with Gasteiger partial charge in [-0.3, -0.25) is 4.79 Å². The summed E-state index contributed by atoms with van der Waals surface area (Å²) < 4.78 is 0. The summed E-state index contributed by atoms with van der Waals surface area (Å²) in [5, 5.41) is 12.3. The van der Waals surface area contributed by atoms with Gasteiger partial charge in [-0.1, -0.05) is 56.5 Å². The lowest BCUT2D eigenvalue weighted by atomic mass is 10.0. The minimum atomic E-state index is -0.734. The molecule has 3 nitrogen and oxygen atoms in total. The number of unbranched alkanes of at least 4 members (excludes halogenated alkanes) is 3. The number of hydrogen-bond donors (Lipinski definition) is 2. The highest BCUT2D eigenvalue weighted by Gasteiger charge is 2.12. The molecule has 1 aromatic rings. The average molecular weight is 263 g/mol. The fourth-order valence-corrected chi connectivity index (χ4v) is 2.18. The van der Waals surface area contributed by atoms with Crippen LogP contribution in [-0.4, -0.2) is 23.7 Å². The molecule has 2 N–H and O–H groups in total. The Kier molecular flexibility index (Phi) is 7.91. The summed E-state index contributed by atoms with van der Waals surface area (Å²) in [6.07, 6.45) is 5.78. The first-order chi connectivity index (χ1) is 9.22. The number of aliphatic carboxylic acids is 1. The van der Waals surface area contributed by atoms with E-state index in [0.717, 1.165) is 19.4 Å². The maximum Gasteiger partial charge on any atom is 0.304 e. The van der Waals surface area contributed by atoms with Gasteiger partial charge in [-0.05, 0) is 24.9 Å². The third-order valence-corrected chi connectivity index (χ3v) is 3.21. The summed E-state index contributed by atoms with van der Waals surface area (Å²) in [5.74, 6) is -0.734. The fraction of sp³-hybridized carbons (Fsp3) is 0.562. The molecular formula is C16H25NO2. The minimum absolute atomic E-state index is 0.0292. The Morgan fingerprint density at radius 2 is 1.95 bits per heavy atom. The van der Waals surface area contributed by atoms with Gasteiger partial charge in [0, 0.05) is 6.04 Å². The molecule has 0 aromatic heterocycles. The van der Waals surface area contributed by atoms with E-state index in [-0.39, 0.29) is 12.5 Å². The highest BCUT2D eigenvalue weighted by Crippen LogP contribution is 2.07. The second kappa shape index (κ2) is 9.56. The average Bonchev–Trinajstić information content (AvgIpc) is 2.39. The first-order valence-corrected chi connectivity index (χ1v) is 7.21. The SMILES string of the molecule is CCCCCCNC(CC(=O)O)Cc1ccccc1. The molecule has 3 heteroatoms. The highest BCUT2D eigenvalue weighted by molar-refractivity contribution is 5.67. The number of nitrogens with one attached hydrogen (secondary N) is 1. The van der Waals surface area contributed by atoms with Crippen molar-refractivity contribution in [3.8, 4) is 0 Å². The van der Waals surface area contributed by atoms with E-state index < -0.39 is 5.97 Å². The topological polar surface area (TPSA) is 49.3 Å². The van der Waals surface area contributed by atoms with E-state index in [1.807, 2.05) is 30.3 Å². The molecule has 0 heterocycles. The Balaban J connectivity index is 2.36. The van der Waals surface area contributed by atoms with Gasteiger partial charge in [-0.25, -0.2) is 0 Å². The van der Waals surface area contributed by atoms with Gasteiger partial charge in [-0.15, -0.1) is 0 Å². The largest absolute Gasteiger partial charge is 0.481 e. The van der Waals surface area contributed by atoms with Crippen molar-refractivity contribution in [1.29, 1.82) is 0 Å². The van der Waals surface area contributed by atoms with Crippen LogP contribution in [0.2, 0.25) is 0 Å². The van der Waals surface area contributed by atoms with Crippen molar-refractivity contribution in [3.05, 3.63) is 35.9 Å². The van der Waals surface area contributed by atoms with Crippen LogP contribution in [0.4, 0.5) is 0 Å².